The molecular weight excluding hydrogens is 470 g/mol. The Morgan fingerprint density at radius 1 is 1.06 bits per heavy atom. The average molecular weight is 494 g/mol. The SMILES string of the molecule is O=C(NCCN1C(=O)S/C(=C/c2ccccc2)C1=O)C1CC(=O)N(c2ccc3c(c2)OCCO3)C1. The first-order chi connectivity index (χ1) is 17.0. The summed E-state index contributed by atoms with van der Waals surface area (Å²) in [5.41, 5.74) is 1.48. The van der Waals surface area contributed by atoms with Crippen molar-refractivity contribution < 1.29 is 28.7 Å². The summed E-state index contributed by atoms with van der Waals surface area (Å²) in [6.07, 6.45) is 1.77. The van der Waals surface area contributed by atoms with Crippen LogP contribution in [0.15, 0.2) is 53.4 Å². The number of nitrogens with one attached hydrogen (secondary N) is 1. The van der Waals surface area contributed by atoms with Crippen molar-refractivity contribution in [3.63, 3.8) is 0 Å². The van der Waals surface area contributed by atoms with Gasteiger partial charge in [-0.2, -0.15) is 0 Å². The van der Waals surface area contributed by atoms with Crippen molar-refractivity contribution in [3.05, 3.63) is 59.0 Å². The molecule has 2 aromatic rings. The maximum atomic E-state index is 12.7. The fourth-order valence-electron chi connectivity index (χ4n) is 4.16. The van der Waals surface area contributed by atoms with E-state index in [-0.39, 0.29) is 49.0 Å². The van der Waals surface area contributed by atoms with Crippen molar-refractivity contribution in [1.82, 2.24) is 10.2 Å². The summed E-state index contributed by atoms with van der Waals surface area (Å²) in [6.45, 7) is 1.35. The first kappa shape index (κ1) is 23.0. The van der Waals surface area contributed by atoms with E-state index < -0.39 is 5.92 Å². The maximum Gasteiger partial charge on any atom is 0.293 e. The Morgan fingerprint density at radius 3 is 2.63 bits per heavy atom. The molecule has 3 aliphatic rings. The number of amides is 4. The minimum Gasteiger partial charge on any atom is -0.486 e. The van der Waals surface area contributed by atoms with E-state index in [4.69, 9.17) is 9.47 Å². The summed E-state index contributed by atoms with van der Waals surface area (Å²) in [6, 6.07) is 14.6. The molecule has 0 radical (unpaired) electrons. The van der Waals surface area contributed by atoms with E-state index in [0.717, 1.165) is 22.2 Å². The number of benzene rings is 2. The third kappa shape index (κ3) is 4.88. The second kappa shape index (κ2) is 9.83. The minimum atomic E-state index is -0.524. The number of carbonyl (C=O) groups is 4. The summed E-state index contributed by atoms with van der Waals surface area (Å²) >= 11 is 0.884. The number of hydrogen-bond acceptors (Lipinski definition) is 7. The van der Waals surface area contributed by atoms with Gasteiger partial charge < -0.3 is 19.7 Å². The van der Waals surface area contributed by atoms with Crippen LogP contribution >= 0.6 is 11.8 Å². The second-order valence-electron chi connectivity index (χ2n) is 8.27. The highest BCUT2D eigenvalue weighted by Crippen LogP contribution is 2.36. The molecule has 35 heavy (non-hydrogen) atoms. The molecule has 2 fully saturated rings. The monoisotopic (exact) mass is 493 g/mol. The zero-order valence-electron chi connectivity index (χ0n) is 18.8. The molecular formula is C25H23N3O6S. The van der Waals surface area contributed by atoms with Gasteiger partial charge in [0.05, 0.1) is 10.8 Å². The van der Waals surface area contributed by atoms with Crippen LogP contribution in [0.2, 0.25) is 0 Å². The summed E-state index contributed by atoms with van der Waals surface area (Å²) in [4.78, 5) is 53.3. The molecule has 9 nitrogen and oxygen atoms in total. The van der Waals surface area contributed by atoms with E-state index >= 15 is 0 Å². The average Bonchev–Trinajstić information content (AvgIpc) is 3.39. The van der Waals surface area contributed by atoms with E-state index in [1.807, 2.05) is 30.3 Å². The number of nitrogens with zero attached hydrogens (tertiary/aromatic N) is 2. The van der Waals surface area contributed by atoms with Gasteiger partial charge in [-0.15, -0.1) is 0 Å². The Kier molecular flexibility index (Phi) is 6.45. The van der Waals surface area contributed by atoms with E-state index in [9.17, 15) is 19.2 Å². The Bertz CT molecular complexity index is 1210. The normalized spacial score (nSPS) is 20.6. The van der Waals surface area contributed by atoms with Gasteiger partial charge in [0.1, 0.15) is 13.2 Å². The number of carbonyl (C=O) groups excluding carboxylic acids is 4. The molecule has 2 aromatic carbocycles. The standard InChI is InChI=1S/C25H23N3O6S/c29-22-13-17(15-28(22)18-6-7-19-20(14-18)34-11-10-33-19)23(30)26-8-9-27-24(31)21(35-25(27)32)12-16-4-2-1-3-5-16/h1-7,12,14,17H,8-11,13,15H2,(H,26,30)/b21-12+. The molecule has 10 heteroatoms. The molecule has 0 aliphatic carbocycles. The second-order valence-corrected chi connectivity index (χ2v) is 9.26. The van der Waals surface area contributed by atoms with Crippen molar-refractivity contribution in [2.24, 2.45) is 5.92 Å². The first-order valence-electron chi connectivity index (χ1n) is 11.3. The van der Waals surface area contributed by atoms with Crippen LogP contribution in [0, 0.1) is 5.92 Å². The van der Waals surface area contributed by atoms with Gasteiger partial charge in [0.2, 0.25) is 11.8 Å². The topological polar surface area (TPSA) is 105 Å². The number of imide groups is 1. The quantitative estimate of drug-likeness (QED) is 0.617. The highest BCUT2D eigenvalue weighted by atomic mass is 32.2. The molecule has 4 amide bonds. The van der Waals surface area contributed by atoms with E-state index in [2.05, 4.69) is 5.32 Å². The lowest BCUT2D eigenvalue weighted by atomic mass is 10.1. The summed E-state index contributed by atoms with van der Waals surface area (Å²) in [5, 5.41) is 2.39. The van der Waals surface area contributed by atoms with Crippen molar-refractivity contribution in [2.75, 3.05) is 37.7 Å². The lowest BCUT2D eigenvalue weighted by Crippen LogP contribution is -2.40. The molecule has 180 valence electrons. The molecule has 0 spiro atoms. The molecule has 5 rings (SSSR count). The van der Waals surface area contributed by atoms with Crippen molar-refractivity contribution in [1.29, 1.82) is 0 Å². The van der Waals surface area contributed by atoms with Gasteiger partial charge in [-0.3, -0.25) is 24.1 Å². The molecule has 0 aromatic heterocycles. The summed E-state index contributed by atoms with van der Waals surface area (Å²) < 4.78 is 11.1. The third-order valence-corrected chi connectivity index (χ3v) is 6.85. The molecule has 1 unspecified atom stereocenters. The predicted octanol–water partition coefficient (Wildman–Crippen LogP) is 2.66. The zero-order chi connectivity index (χ0) is 24.4. The van der Waals surface area contributed by atoms with Crippen molar-refractivity contribution >= 4 is 46.5 Å². The van der Waals surface area contributed by atoms with Crippen molar-refractivity contribution in [2.45, 2.75) is 6.42 Å². The van der Waals surface area contributed by atoms with Gasteiger partial charge in [0, 0.05) is 37.8 Å². The number of ether oxygens (including phenoxy) is 2. The largest absolute Gasteiger partial charge is 0.486 e. The van der Waals surface area contributed by atoms with Crippen LogP contribution in [-0.2, 0) is 14.4 Å². The predicted molar refractivity (Wildman–Crippen MR) is 130 cm³/mol. The van der Waals surface area contributed by atoms with Crippen LogP contribution in [0.3, 0.4) is 0 Å². The van der Waals surface area contributed by atoms with Gasteiger partial charge in [0.25, 0.3) is 11.1 Å². The number of rotatable bonds is 6. The first-order valence-corrected chi connectivity index (χ1v) is 12.1. The van der Waals surface area contributed by atoms with Crippen LogP contribution < -0.4 is 19.7 Å². The van der Waals surface area contributed by atoms with Crippen LogP contribution in [0.4, 0.5) is 10.5 Å². The molecule has 1 N–H and O–H groups in total. The molecule has 3 heterocycles. The molecule has 0 saturated carbocycles. The van der Waals surface area contributed by atoms with Crippen LogP contribution in [-0.4, -0.2) is 60.7 Å². The smallest absolute Gasteiger partial charge is 0.293 e. The number of thioether (sulfide) groups is 1. The Balaban J connectivity index is 1.15. The van der Waals surface area contributed by atoms with Gasteiger partial charge in [-0.25, -0.2) is 0 Å². The Labute approximate surface area is 206 Å². The van der Waals surface area contributed by atoms with Gasteiger partial charge in [0.15, 0.2) is 11.5 Å². The maximum absolute atomic E-state index is 12.7. The lowest BCUT2D eigenvalue weighted by Gasteiger charge is -2.22. The van der Waals surface area contributed by atoms with Crippen molar-refractivity contribution in [3.8, 4) is 11.5 Å². The Morgan fingerprint density at radius 2 is 1.83 bits per heavy atom. The van der Waals surface area contributed by atoms with Gasteiger partial charge >= 0.3 is 0 Å². The summed E-state index contributed by atoms with van der Waals surface area (Å²) in [5.74, 6) is -0.133. The fourth-order valence-corrected chi connectivity index (χ4v) is 5.03. The highest BCUT2D eigenvalue weighted by molar-refractivity contribution is 8.18. The molecule has 1 atom stereocenters. The van der Waals surface area contributed by atoms with Gasteiger partial charge in [-0.1, -0.05) is 30.3 Å². The fraction of sp³-hybridized carbons (Fsp3) is 0.280. The highest BCUT2D eigenvalue weighted by Gasteiger charge is 2.37. The number of fused-ring (bicyclic) bond motifs is 1. The van der Waals surface area contributed by atoms with E-state index in [1.54, 1.807) is 29.2 Å². The molecule has 0 bridgehead atoms. The van der Waals surface area contributed by atoms with Crippen LogP contribution in [0.1, 0.15) is 12.0 Å². The van der Waals surface area contributed by atoms with Crippen LogP contribution in [0.5, 0.6) is 11.5 Å². The lowest BCUT2D eigenvalue weighted by molar-refractivity contribution is -0.127. The van der Waals surface area contributed by atoms with E-state index in [1.165, 1.54) is 0 Å². The molecule has 3 aliphatic heterocycles. The van der Waals surface area contributed by atoms with Crippen LogP contribution in [0.25, 0.3) is 6.08 Å². The minimum absolute atomic E-state index is 0.0646. The molecule has 2 saturated heterocycles. The van der Waals surface area contributed by atoms with Gasteiger partial charge in [-0.05, 0) is 35.5 Å². The number of anilines is 1. The third-order valence-electron chi connectivity index (χ3n) is 5.94. The Hall–Kier alpha value is -3.79. The number of hydrogen-bond donors (Lipinski definition) is 1. The van der Waals surface area contributed by atoms with E-state index in [0.29, 0.717) is 35.3 Å². The zero-order valence-corrected chi connectivity index (χ0v) is 19.6. The summed E-state index contributed by atoms with van der Waals surface area (Å²) in [7, 11) is 0.